The van der Waals surface area contributed by atoms with E-state index >= 15 is 0 Å². The lowest BCUT2D eigenvalue weighted by Crippen LogP contribution is -2.31. The first kappa shape index (κ1) is 15.9. The maximum atomic E-state index is 13.3. The van der Waals surface area contributed by atoms with Gasteiger partial charge in [0, 0.05) is 18.8 Å². The largest absolute Gasteiger partial charge is 0.473 e. The van der Waals surface area contributed by atoms with Gasteiger partial charge < -0.3 is 4.74 Å². The molecule has 122 valence electrons. The zero-order valence-corrected chi connectivity index (χ0v) is 13.5. The third kappa shape index (κ3) is 3.51. The molecule has 1 saturated heterocycles. The highest BCUT2D eigenvalue weighted by Crippen LogP contribution is 2.24. The maximum absolute atomic E-state index is 13.3. The highest BCUT2D eigenvalue weighted by Gasteiger charge is 2.33. The standard InChI is InChI=1S/C16H17FN2O3S/c1-12-5-6-16(18-10-12)22-14-7-8-19(11-14)23(20,21)15-4-2-3-13(17)9-15/h2-6,9-10,14H,7-8,11H2,1H3. The van der Waals surface area contributed by atoms with Gasteiger partial charge in [-0.1, -0.05) is 12.1 Å². The Morgan fingerprint density at radius 2 is 2.13 bits per heavy atom. The first-order valence-electron chi connectivity index (χ1n) is 7.30. The zero-order chi connectivity index (χ0) is 16.4. The van der Waals surface area contributed by atoms with E-state index in [-0.39, 0.29) is 17.5 Å². The molecule has 1 aliphatic rings. The molecule has 1 aromatic heterocycles. The van der Waals surface area contributed by atoms with Crippen molar-refractivity contribution in [2.75, 3.05) is 13.1 Å². The number of sulfonamides is 1. The summed E-state index contributed by atoms with van der Waals surface area (Å²) < 4.78 is 45.3. The summed E-state index contributed by atoms with van der Waals surface area (Å²) in [4.78, 5) is 4.12. The van der Waals surface area contributed by atoms with E-state index in [9.17, 15) is 12.8 Å². The zero-order valence-electron chi connectivity index (χ0n) is 12.6. The molecule has 2 heterocycles. The van der Waals surface area contributed by atoms with Gasteiger partial charge in [-0.25, -0.2) is 17.8 Å². The monoisotopic (exact) mass is 336 g/mol. The second-order valence-corrected chi connectivity index (χ2v) is 7.46. The average Bonchev–Trinajstić information content (AvgIpc) is 2.99. The Kier molecular flexibility index (Phi) is 4.32. The lowest BCUT2D eigenvalue weighted by atomic mass is 10.3. The molecule has 0 saturated carbocycles. The Morgan fingerprint density at radius 1 is 1.30 bits per heavy atom. The van der Waals surface area contributed by atoms with Crippen LogP contribution in [0.3, 0.4) is 0 Å². The average molecular weight is 336 g/mol. The topological polar surface area (TPSA) is 59.5 Å². The SMILES string of the molecule is Cc1ccc(OC2CCN(S(=O)(=O)c3cccc(F)c3)C2)nc1. The normalized spacial score (nSPS) is 19.0. The van der Waals surface area contributed by atoms with Gasteiger partial charge in [-0.15, -0.1) is 0 Å². The van der Waals surface area contributed by atoms with Crippen LogP contribution in [0.5, 0.6) is 5.88 Å². The van der Waals surface area contributed by atoms with Crippen LogP contribution in [0.2, 0.25) is 0 Å². The molecule has 7 heteroatoms. The van der Waals surface area contributed by atoms with Gasteiger partial charge in [0.1, 0.15) is 11.9 Å². The third-order valence-electron chi connectivity index (χ3n) is 3.71. The molecule has 1 aromatic carbocycles. The molecular weight excluding hydrogens is 319 g/mol. The number of pyridine rings is 1. The summed E-state index contributed by atoms with van der Waals surface area (Å²) in [7, 11) is -3.70. The fourth-order valence-corrected chi connectivity index (χ4v) is 4.00. The molecule has 0 aliphatic carbocycles. The summed E-state index contributed by atoms with van der Waals surface area (Å²) in [6, 6.07) is 8.69. The number of aryl methyl sites for hydroxylation is 1. The summed E-state index contributed by atoms with van der Waals surface area (Å²) in [5.41, 5.74) is 1.03. The lowest BCUT2D eigenvalue weighted by Gasteiger charge is -2.17. The molecule has 1 atom stereocenters. The minimum absolute atomic E-state index is 0.0355. The Bertz CT molecular complexity index is 793. The smallest absolute Gasteiger partial charge is 0.243 e. The van der Waals surface area contributed by atoms with E-state index in [0.29, 0.717) is 18.8 Å². The van der Waals surface area contributed by atoms with Crippen LogP contribution in [0.25, 0.3) is 0 Å². The van der Waals surface area contributed by atoms with Crippen LogP contribution < -0.4 is 4.74 Å². The van der Waals surface area contributed by atoms with Crippen molar-refractivity contribution in [2.45, 2.75) is 24.3 Å². The van der Waals surface area contributed by atoms with Crippen molar-refractivity contribution in [3.63, 3.8) is 0 Å². The van der Waals surface area contributed by atoms with Gasteiger partial charge >= 0.3 is 0 Å². The van der Waals surface area contributed by atoms with E-state index in [4.69, 9.17) is 4.74 Å². The number of nitrogens with zero attached hydrogens (tertiary/aromatic N) is 2. The molecule has 0 spiro atoms. The number of halogens is 1. The second-order valence-electron chi connectivity index (χ2n) is 5.52. The number of hydrogen-bond donors (Lipinski definition) is 0. The Balaban J connectivity index is 1.70. The fourth-order valence-electron chi connectivity index (χ4n) is 2.48. The van der Waals surface area contributed by atoms with Crippen LogP contribution in [0, 0.1) is 12.7 Å². The highest BCUT2D eigenvalue weighted by atomic mass is 32.2. The molecule has 0 amide bonds. The first-order chi connectivity index (χ1) is 10.9. The molecular formula is C16H17FN2O3S. The molecule has 3 rings (SSSR count). The number of rotatable bonds is 4. The minimum Gasteiger partial charge on any atom is -0.473 e. The van der Waals surface area contributed by atoms with E-state index in [1.807, 2.05) is 13.0 Å². The molecule has 0 radical (unpaired) electrons. The van der Waals surface area contributed by atoms with Crippen molar-refractivity contribution in [1.82, 2.24) is 9.29 Å². The Morgan fingerprint density at radius 3 is 2.83 bits per heavy atom. The van der Waals surface area contributed by atoms with Crippen molar-refractivity contribution in [1.29, 1.82) is 0 Å². The van der Waals surface area contributed by atoms with Gasteiger partial charge in [-0.05, 0) is 37.1 Å². The van der Waals surface area contributed by atoms with Crippen molar-refractivity contribution < 1.29 is 17.5 Å². The molecule has 2 aromatic rings. The molecule has 23 heavy (non-hydrogen) atoms. The van der Waals surface area contributed by atoms with Gasteiger partial charge in [0.05, 0.1) is 11.4 Å². The number of benzene rings is 1. The van der Waals surface area contributed by atoms with E-state index in [1.54, 1.807) is 12.3 Å². The summed E-state index contributed by atoms with van der Waals surface area (Å²) in [5.74, 6) is -0.0902. The molecule has 0 bridgehead atoms. The van der Waals surface area contributed by atoms with Crippen LogP contribution in [0.15, 0.2) is 47.5 Å². The molecule has 1 unspecified atom stereocenters. The van der Waals surface area contributed by atoms with Gasteiger partial charge in [0.15, 0.2) is 0 Å². The summed E-state index contributed by atoms with van der Waals surface area (Å²) in [6.07, 6.45) is 2.02. The third-order valence-corrected chi connectivity index (χ3v) is 5.57. The van der Waals surface area contributed by atoms with Crippen LogP contribution in [0.4, 0.5) is 4.39 Å². The summed E-state index contributed by atoms with van der Waals surface area (Å²) in [6.45, 7) is 2.50. The van der Waals surface area contributed by atoms with E-state index < -0.39 is 15.8 Å². The molecule has 1 fully saturated rings. The van der Waals surface area contributed by atoms with Gasteiger partial charge in [-0.3, -0.25) is 0 Å². The van der Waals surface area contributed by atoms with Crippen LogP contribution in [0.1, 0.15) is 12.0 Å². The maximum Gasteiger partial charge on any atom is 0.243 e. The first-order valence-corrected chi connectivity index (χ1v) is 8.74. The number of aromatic nitrogens is 1. The van der Waals surface area contributed by atoms with Crippen molar-refractivity contribution in [2.24, 2.45) is 0 Å². The molecule has 0 N–H and O–H groups in total. The van der Waals surface area contributed by atoms with Crippen molar-refractivity contribution in [3.05, 3.63) is 54.0 Å². The van der Waals surface area contributed by atoms with E-state index in [0.717, 1.165) is 11.6 Å². The van der Waals surface area contributed by atoms with E-state index in [2.05, 4.69) is 4.98 Å². The number of ether oxygens (including phenoxy) is 1. The summed E-state index contributed by atoms with van der Waals surface area (Å²) in [5, 5.41) is 0. The quantitative estimate of drug-likeness (QED) is 0.860. The second kappa shape index (κ2) is 6.25. The minimum atomic E-state index is -3.70. The molecule has 5 nitrogen and oxygen atoms in total. The fraction of sp³-hybridized carbons (Fsp3) is 0.312. The Labute approximate surface area is 134 Å². The van der Waals surface area contributed by atoms with Crippen LogP contribution >= 0.6 is 0 Å². The van der Waals surface area contributed by atoms with Crippen LogP contribution in [-0.2, 0) is 10.0 Å². The van der Waals surface area contributed by atoms with Gasteiger partial charge in [0.25, 0.3) is 0 Å². The van der Waals surface area contributed by atoms with Gasteiger partial charge in [0.2, 0.25) is 15.9 Å². The van der Waals surface area contributed by atoms with Crippen molar-refractivity contribution >= 4 is 10.0 Å². The number of hydrogen-bond acceptors (Lipinski definition) is 4. The Hall–Kier alpha value is -1.99. The predicted octanol–water partition coefficient (Wildman–Crippen LogP) is 2.37. The highest BCUT2D eigenvalue weighted by molar-refractivity contribution is 7.89. The predicted molar refractivity (Wildman–Crippen MR) is 83.2 cm³/mol. The molecule has 1 aliphatic heterocycles. The summed E-state index contributed by atoms with van der Waals surface area (Å²) >= 11 is 0. The van der Waals surface area contributed by atoms with Gasteiger partial charge in [-0.2, -0.15) is 4.31 Å². The van der Waals surface area contributed by atoms with Crippen LogP contribution in [-0.4, -0.2) is 36.9 Å². The lowest BCUT2D eigenvalue weighted by molar-refractivity contribution is 0.207. The van der Waals surface area contributed by atoms with Crippen molar-refractivity contribution in [3.8, 4) is 5.88 Å². The van der Waals surface area contributed by atoms with E-state index in [1.165, 1.54) is 22.5 Å².